The average molecular weight is 205 g/mol. The summed E-state index contributed by atoms with van der Waals surface area (Å²) < 4.78 is 2.06. The highest BCUT2D eigenvalue weighted by atomic mass is 16.3. The Morgan fingerprint density at radius 2 is 2.33 bits per heavy atom. The molecule has 80 valence electrons. The van der Waals surface area contributed by atoms with Gasteiger partial charge >= 0.3 is 0 Å². The van der Waals surface area contributed by atoms with Crippen LogP contribution in [0, 0.1) is 0 Å². The topological polar surface area (TPSA) is 40.8 Å². The average Bonchev–Trinajstić information content (AvgIpc) is 2.67. The third-order valence-corrected chi connectivity index (χ3v) is 2.43. The number of aliphatic hydroxyl groups is 1. The molecule has 0 amide bonds. The van der Waals surface area contributed by atoms with Crippen LogP contribution in [0.2, 0.25) is 0 Å². The molecule has 0 unspecified atom stereocenters. The molecule has 0 saturated carbocycles. The third kappa shape index (κ3) is 2.16. The molecule has 0 radical (unpaired) electrons. The summed E-state index contributed by atoms with van der Waals surface area (Å²) in [6.07, 6.45) is 3.75. The van der Waals surface area contributed by atoms with Crippen molar-refractivity contribution in [3.05, 3.63) is 36.3 Å². The first-order valence-corrected chi connectivity index (χ1v) is 5.01. The number of nitrogens with zero attached hydrogens (tertiary/aromatic N) is 3. The van der Waals surface area contributed by atoms with E-state index >= 15 is 0 Å². The van der Waals surface area contributed by atoms with Crippen molar-refractivity contribution in [2.24, 2.45) is 0 Å². The fraction of sp³-hybridized carbons (Fsp3) is 0.364. The molecule has 2 aromatic rings. The maximum absolute atomic E-state index is 8.83. The van der Waals surface area contributed by atoms with Gasteiger partial charge in [0, 0.05) is 31.2 Å². The second-order valence-corrected chi connectivity index (χ2v) is 3.63. The maximum Gasteiger partial charge on any atom is 0.136 e. The van der Waals surface area contributed by atoms with Crippen molar-refractivity contribution in [2.75, 3.05) is 20.2 Å². The lowest BCUT2D eigenvalue weighted by atomic mass is 10.3. The Hall–Kier alpha value is -1.39. The fourth-order valence-electron chi connectivity index (χ4n) is 1.66. The Labute approximate surface area is 88.8 Å². The number of pyridine rings is 1. The molecule has 1 N–H and O–H groups in total. The highest BCUT2D eigenvalue weighted by molar-refractivity contribution is 5.39. The molecule has 4 nitrogen and oxygen atoms in total. The van der Waals surface area contributed by atoms with Crippen LogP contribution in [0.25, 0.3) is 5.65 Å². The van der Waals surface area contributed by atoms with E-state index in [9.17, 15) is 0 Å². The van der Waals surface area contributed by atoms with Gasteiger partial charge in [-0.1, -0.05) is 6.07 Å². The number of rotatable bonds is 4. The minimum atomic E-state index is 0.191. The number of hydrogen-bond donors (Lipinski definition) is 1. The van der Waals surface area contributed by atoms with Crippen molar-refractivity contribution >= 4 is 5.65 Å². The largest absolute Gasteiger partial charge is 0.395 e. The van der Waals surface area contributed by atoms with Gasteiger partial charge in [0.2, 0.25) is 0 Å². The quantitative estimate of drug-likeness (QED) is 0.801. The smallest absolute Gasteiger partial charge is 0.136 e. The van der Waals surface area contributed by atoms with E-state index in [1.54, 1.807) is 6.20 Å². The first-order valence-electron chi connectivity index (χ1n) is 5.01. The van der Waals surface area contributed by atoms with Gasteiger partial charge in [-0.3, -0.25) is 4.90 Å². The van der Waals surface area contributed by atoms with Crippen LogP contribution < -0.4 is 0 Å². The van der Waals surface area contributed by atoms with Gasteiger partial charge in [-0.2, -0.15) is 0 Å². The van der Waals surface area contributed by atoms with Gasteiger partial charge < -0.3 is 9.51 Å². The van der Waals surface area contributed by atoms with E-state index in [0.29, 0.717) is 6.54 Å². The molecule has 0 fully saturated rings. The van der Waals surface area contributed by atoms with Crippen LogP contribution in [-0.4, -0.2) is 39.6 Å². The highest BCUT2D eigenvalue weighted by Gasteiger charge is 2.03. The van der Waals surface area contributed by atoms with Gasteiger partial charge in [0.05, 0.1) is 6.61 Å². The van der Waals surface area contributed by atoms with Crippen molar-refractivity contribution in [1.29, 1.82) is 0 Å². The highest BCUT2D eigenvalue weighted by Crippen LogP contribution is 2.07. The zero-order valence-electron chi connectivity index (χ0n) is 8.80. The summed E-state index contributed by atoms with van der Waals surface area (Å²) in [6.45, 7) is 1.69. The van der Waals surface area contributed by atoms with Crippen LogP contribution in [0.15, 0.2) is 30.6 Å². The van der Waals surface area contributed by atoms with Crippen molar-refractivity contribution in [1.82, 2.24) is 14.3 Å². The monoisotopic (exact) mass is 205 g/mol. The van der Waals surface area contributed by atoms with Crippen LogP contribution in [0.3, 0.4) is 0 Å². The Morgan fingerprint density at radius 3 is 3.13 bits per heavy atom. The lowest BCUT2D eigenvalue weighted by Gasteiger charge is -2.15. The zero-order valence-corrected chi connectivity index (χ0v) is 8.80. The van der Waals surface area contributed by atoms with Gasteiger partial charge in [-0.15, -0.1) is 0 Å². The molecule has 0 aliphatic rings. The van der Waals surface area contributed by atoms with Crippen molar-refractivity contribution in [3.8, 4) is 0 Å². The van der Waals surface area contributed by atoms with Gasteiger partial charge in [-0.25, -0.2) is 4.98 Å². The van der Waals surface area contributed by atoms with Crippen molar-refractivity contribution < 1.29 is 5.11 Å². The number of aromatic nitrogens is 2. The second-order valence-electron chi connectivity index (χ2n) is 3.63. The predicted octanol–water partition coefficient (Wildman–Crippen LogP) is 0.758. The van der Waals surface area contributed by atoms with Crippen LogP contribution >= 0.6 is 0 Å². The number of fused-ring (bicyclic) bond motifs is 1. The lowest BCUT2D eigenvalue weighted by molar-refractivity contribution is 0.215. The molecular formula is C11H15N3O. The van der Waals surface area contributed by atoms with Gasteiger partial charge in [0.1, 0.15) is 5.65 Å². The van der Waals surface area contributed by atoms with Crippen molar-refractivity contribution in [2.45, 2.75) is 6.54 Å². The van der Waals surface area contributed by atoms with E-state index in [0.717, 1.165) is 12.2 Å². The number of aliphatic hydroxyl groups excluding tert-OH is 1. The van der Waals surface area contributed by atoms with E-state index in [1.807, 2.05) is 25.4 Å². The van der Waals surface area contributed by atoms with Gasteiger partial charge in [0.15, 0.2) is 0 Å². The molecule has 2 rings (SSSR count). The molecule has 0 aliphatic carbocycles. The summed E-state index contributed by atoms with van der Waals surface area (Å²) in [7, 11) is 1.99. The Morgan fingerprint density at radius 1 is 1.47 bits per heavy atom. The third-order valence-electron chi connectivity index (χ3n) is 2.43. The molecule has 2 heterocycles. The lowest BCUT2D eigenvalue weighted by Crippen LogP contribution is -2.22. The molecule has 0 spiro atoms. The molecule has 4 heteroatoms. The molecule has 0 aliphatic heterocycles. The van der Waals surface area contributed by atoms with Crippen LogP contribution in [0.4, 0.5) is 0 Å². The normalized spacial score (nSPS) is 11.4. The van der Waals surface area contributed by atoms with Crippen LogP contribution in [0.1, 0.15) is 5.69 Å². The number of likely N-dealkylation sites (N-methyl/N-ethyl adjacent to an activating group) is 1. The molecule has 15 heavy (non-hydrogen) atoms. The molecular weight excluding hydrogens is 190 g/mol. The van der Waals surface area contributed by atoms with E-state index < -0.39 is 0 Å². The maximum atomic E-state index is 8.83. The second kappa shape index (κ2) is 4.42. The summed E-state index contributed by atoms with van der Waals surface area (Å²) in [6, 6.07) is 6.06. The molecule has 0 bridgehead atoms. The molecule has 0 atom stereocenters. The van der Waals surface area contributed by atoms with Crippen molar-refractivity contribution in [3.63, 3.8) is 0 Å². The van der Waals surface area contributed by atoms with Crippen LogP contribution in [0.5, 0.6) is 0 Å². The Balaban J connectivity index is 2.23. The van der Waals surface area contributed by atoms with E-state index in [4.69, 9.17) is 5.11 Å². The first kappa shape index (κ1) is 10.1. The standard InChI is InChI=1S/C11H15N3O/c1-13(7-8-15)9-10-3-2-4-11-12-5-6-14(10)11/h2-6,15H,7-9H2,1H3. The van der Waals surface area contributed by atoms with E-state index in [2.05, 4.69) is 20.4 Å². The number of hydrogen-bond acceptors (Lipinski definition) is 3. The van der Waals surface area contributed by atoms with E-state index in [-0.39, 0.29) is 6.61 Å². The summed E-state index contributed by atoms with van der Waals surface area (Å²) in [5.41, 5.74) is 2.14. The summed E-state index contributed by atoms with van der Waals surface area (Å²) in [4.78, 5) is 6.31. The summed E-state index contributed by atoms with van der Waals surface area (Å²) >= 11 is 0. The molecule has 0 saturated heterocycles. The minimum absolute atomic E-state index is 0.191. The predicted molar refractivity (Wildman–Crippen MR) is 58.6 cm³/mol. The summed E-state index contributed by atoms with van der Waals surface area (Å²) in [5, 5.41) is 8.83. The summed E-state index contributed by atoms with van der Waals surface area (Å²) in [5.74, 6) is 0. The molecule has 0 aromatic carbocycles. The fourth-order valence-corrected chi connectivity index (χ4v) is 1.66. The van der Waals surface area contributed by atoms with Gasteiger partial charge in [-0.05, 0) is 19.2 Å². The SMILES string of the molecule is CN(CCO)Cc1cccc2nccn12. The Kier molecular flexibility index (Phi) is 2.99. The zero-order chi connectivity index (χ0) is 10.7. The Bertz CT molecular complexity index is 438. The first-order chi connectivity index (χ1) is 7.31. The molecule has 2 aromatic heterocycles. The van der Waals surface area contributed by atoms with Gasteiger partial charge in [0.25, 0.3) is 0 Å². The van der Waals surface area contributed by atoms with Crippen LogP contribution in [-0.2, 0) is 6.54 Å². The number of imidazole rings is 1. The minimum Gasteiger partial charge on any atom is -0.395 e. The van der Waals surface area contributed by atoms with E-state index in [1.165, 1.54) is 5.69 Å².